The Kier molecular flexibility index (Phi) is 7.89. The molecule has 0 aromatic carbocycles. The largest absolute Gasteiger partial charge is 0.385 e. The molecular weight excluding hydrogens is 140 g/mol. The first kappa shape index (κ1) is 10.9. The molecule has 0 heterocycles. The van der Waals surface area contributed by atoms with E-state index in [4.69, 9.17) is 10.6 Å². The van der Waals surface area contributed by atoms with E-state index in [0.29, 0.717) is 6.04 Å². The van der Waals surface area contributed by atoms with Gasteiger partial charge in [-0.2, -0.15) is 0 Å². The molecule has 0 saturated carbocycles. The van der Waals surface area contributed by atoms with Crippen LogP contribution in [0.5, 0.6) is 0 Å². The lowest BCUT2D eigenvalue weighted by atomic mass is 10.1. The van der Waals surface area contributed by atoms with Crippen LogP contribution in [0.3, 0.4) is 0 Å². The Labute approximate surface area is 69.3 Å². The van der Waals surface area contributed by atoms with E-state index in [1.807, 2.05) is 0 Å². The maximum absolute atomic E-state index is 5.35. The minimum atomic E-state index is 0.468. The average Bonchev–Trinajstić information content (AvgIpc) is 2.03. The predicted octanol–water partition coefficient (Wildman–Crippen LogP) is 1.04. The third kappa shape index (κ3) is 6.28. The summed E-state index contributed by atoms with van der Waals surface area (Å²) in [4.78, 5) is 0. The van der Waals surface area contributed by atoms with Crippen LogP contribution in [0.15, 0.2) is 0 Å². The van der Waals surface area contributed by atoms with Crippen molar-refractivity contribution in [2.45, 2.75) is 38.6 Å². The fourth-order valence-electron chi connectivity index (χ4n) is 1.13. The highest BCUT2D eigenvalue weighted by atomic mass is 16.5. The number of hydrogen-bond acceptors (Lipinski definition) is 3. The third-order valence-electron chi connectivity index (χ3n) is 1.77. The Hall–Kier alpha value is -0.120. The number of hydrazine groups is 1. The molecule has 0 spiro atoms. The summed E-state index contributed by atoms with van der Waals surface area (Å²) in [6, 6.07) is 0.468. The maximum atomic E-state index is 5.35. The molecule has 0 aromatic heterocycles. The molecule has 0 bridgehead atoms. The molecule has 0 aromatic rings. The van der Waals surface area contributed by atoms with Crippen molar-refractivity contribution in [2.24, 2.45) is 5.84 Å². The quantitative estimate of drug-likeness (QED) is 0.332. The molecule has 0 radical (unpaired) electrons. The Morgan fingerprint density at radius 1 is 1.45 bits per heavy atom. The van der Waals surface area contributed by atoms with Gasteiger partial charge in [0.1, 0.15) is 0 Å². The number of rotatable bonds is 7. The molecule has 0 fully saturated rings. The highest BCUT2D eigenvalue weighted by molar-refractivity contribution is 4.61. The summed E-state index contributed by atoms with van der Waals surface area (Å²) >= 11 is 0. The fraction of sp³-hybridized carbons (Fsp3) is 1.00. The van der Waals surface area contributed by atoms with Gasteiger partial charge in [0.25, 0.3) is 0 Å². The number of nitrogens with one attached hydrogen (secondary N) is 1. The summed E-state index contributed by atoms with van der Waals surface area (Å²) in [6.07, 6.45) is 4.53. The van der Waals surface area contributed by atoms with Crippen molar-refractivity contribution in [1.82, 2.24) is 5.43 Å². The van der Waals surface area contributed by atoms with Crippen LogP contribution < -0.4 is 11.3 Å². The lowest BCUT2D eigenvalue weighted by molar-refractivity contribution is 0.188. The minimum absolute atomic E-state index is 0.468. The maximum Gasteiger partial charge on any atom is 0.0462 e. The van der Waals surface area contributed by atoms with Crippen LogP contribution in [0, 0.1) is 0 Å². The van der Waals surface area contributed by atoms with E-state index < -0.39 is 0 Å². The monoisotopic (exact) mass is 160 g/mol. The smallest absolute Gasteiger partial charge is 0.0462 e. The normalized spacial score (nSPS) is 13.4. The summed E-state index contributed by atoms with van der Waals surface area (Å²) < 4.78 is 4.95. The first-order valence-electron chi connectivity index (χ1n) is 4.30. The molecule has 0 aliphatic rings. The lowest BCUT2D eigenvalue weighted by Gasteiger charge is -2.13. The van der Waals surface area contributed by atoms with E-state index in [-0.39, 0.29) is 0 Å². The van der Waals surface area contributed by atoms with Gasteiger partial charge in [-0.3, -0.25) is 11.3 Å². The molecule has 3 heteroatoms. The van der Waals surface area contributed by atoms with E-state index in [9.17, 15) is 0 Å². The van der Waals surface area contributed by atoms with Crippen molar-refractivity contribution >= 4 is 0 Å². The lowest BCUT2D eigenvalue weighted by Crippen LogP contribution is -2.35. The molecule has 1 atom stereocenters. The summed E-state index contributed by atoms with van der Waals surface area (Å²) in [5.74, 6) is 5.35. The van der Waals surface area contributed by atoms with Crippen molar-refractivity contribution in [1.29, 1.82) is 0 Å². The second kappa shape index (κ2) is 7.98. The van der Waals surface area contributed by atoms with Crippen molar-refractivity contribution in [2.75, 3.05) is 13.7 Å². The van der Waals surface area contributed by atoms with Gasteiger partial charge in [0.15, 0.2) is 0 Å². The minimum Gasteiger partial charge on any atom is -0.385 e. The Bertz CT molecular complexity index is 78.5. The SMILES string of the molecule is CCCC(CCCOC)NN. The molecule has 3 N–H and O–H groups in total. The summed E-state index contributed by atoms with van der Waals surface area (Å²) in [5.41, 5.74) is 2.81. The van der Waals surface area contributed by atoms with E-state index in [1.165, 1.54) is 6.42 Å². The van der Waals surface area contributed by atoms with Crippen LogP contribution in [-0.4, -0.2) is 19.8 Å². The van der Waals surface area contributed by atoms with E-state index in [0.717, 1.165) is 25.9 Å². The molecule has 0 rings (SSSR count). The highest BCUT2D eigenvalue weighted by Crippen LogP contribution is 2.03. The van der Waals surface area contributed by atoms with E-state index >= 15 is 0 Å². The fourth-order valence-corrected chi connectivity index (χ4v) is 1.13. The van der Waals surface area contributed by atoms with Gasteiger partial charge in [0.2, 0.25) is 0 Å². The Morgan fingerprint density at radius 3 is 2.64 bits per heavy atom. The van der Waals surface area contributed by atoms with Gasteiger partial charge >= 0.3 is 0 Å². The van der Waals surface area contributed by atoms with Gasteiger partial charge in [-0.15, -0.1) is 0 Å². The van der Waals surface area contributed by atoms with Gasteiger partial charge in [0, 0.05) is 19.8 Å². The number of hydrogen-bond donors (Lipinski definition) is 2. The van der Waals surface area contributed by atoms with Crippen LogP contribution >= 0.6 is 0 Å². The van der Waals surface area contributed by atoms with E-state index in [1.54, 1.807) is 7.11 Å². The predicted molar refractivity (Wildman–Crippen MR) is 47.1 cm³/mol. The standard InChI is InChI=1S/C8H20N2O/c1-3-5-8(10-9)6-4-7-11-2/h8,10H,3-7,9H2,1-2H3. The molecule has 0 saturated heterocycles. The van der Waals surface area contributed by atoms with Crippen LogP contribution in [0.2, 0.25) is 0 Å². The topological polar surface area (TPSA) is 47.3 Å². The van der Waals surface area contributed by atoms with Gasteiger partial charge in [-0.25, -0.2) is 0 Å². The first-order chi connectivity index (χ1) is 5.35. The third-order valence-corrected chi connectivity index (χ3v) is 1.77. The summed E-state index contributed by atoms with van der Waals surface area (Å²) in [6.45, 7) is 3.00. The molecular formula is C8H20N2O. The van der Waals surface area contributed by atoms with Crippen LogP contribution in [0.4, 0.5) is 0 Å². The molecule has 68 valence electrons. The molecule has 0 amide bonds. The molecule has 11 heavy (non-hydrogen) atoms. The number of ether oxygens (including phenoxy) is 1. The van der Waals surface area contributed by atoms with Gasteiger partial charge < -0.3 is 4.74 Å². The summed E-state index contributed by atoms with van der Waals surface area (Å²) in [7, 11) is 1.73. The van der Waals surface area contributed by atoms with Crippen LogP contribution in [-0.2, 0) is 4.74 Å². The zero-order valence-corrected chi connectivity index (χ0v) is 7.60. The molecule has 1 unspecified atom stereocenters. The van der Waals surface area contributed by atoms with Crippen molar-refractivity contribution in [3.8, 4) is 0 Å². The van der Waals surface area contributed by atoms with Crippen LogP contribution in [0.1, 0.15) is 32.6 Å². The van der Waals surface area contributed by atoms with E-state index in [2.05, 4.69) is 12.3 Å². The van der Waals surface area contributed by atoms with Crippen molar-refractivity contribution < 1.29 is 4.74 Å². The van der Waals surface area contributed by atoms with Gasteiger partial charge in [0.05, 0.1) is 0 Å². The average molecular weight is 160 g/mol. The first-order valence-corrected chi connectivity index (χ1v) is 4.30. The Morgan fingerprint density at radius 2 is 2.18 bits per heavy atom. The summed E-state index contributed by atoms with van der Waals surface area (Å²) in [5, 5.41) is 0. The number of nitrogens with two attached hydrogens (primary N) is 1. The Balaban J connectivity index is 3.20. The molecule has 3 nitrogen and oxygen atoms in total. The van der Waals surface area contributed by atoms with Crippen molar-refractivity contribution in [3.05, 3.63) is 0 Å². The number of methoxy groups -OCH3 is 1. The van der Waals surface area contributed by atoms with Gasteiger partial charge in [-0.05, 0) is 19.3 Å². The van der Waals surface area contributed by atoms with Crippen molar-refractivity contribution in [3.63, 3.8) is 0 Å². The van der Waals surface area contributed by atoms with Gasteiger partial charge in [-0.1, -0.05) is 13.3 Å². The zero-order valence-electron chi connectivity index (χ0n) is 7.60. The second-order valence-corrected chi connectivity index (χ2v) is 2.79. The molecule has 0 aliphatic carbocycles. The highest BCUT2D eigenvalue weighted by Gasteiger charge is 2.03. The second-order valence-electron chi connectivity index (χ2n) is 2.79. The molecule has 0 aliphatic heterocycles. The van der Waals surface area contributed by atoms with Crippen LogP contribution in [0.25, 0.3) is 0 Å². The zero-order chi connectivity index (χ0) is 8.53.